The number of hydrogen-bond acceptors (Lipinski definition) is 7. The van der Waals surface area contributed by atoms with E-state index in [0.717, 1.165) is 0 Å². The summed E-state index contributed by atoms with van der Waals surface area (Å²) in [6.07, 6.45) is 4.85. The molecule has 6 unspecified atom stereocenters. The van der Waals surface area contributed by atoms with Gasteiger partial charge < -0.3 is 43.2 Å². The van der Waals surface area contributed by atoms with Crippen LogP contribution in [-0.2, 0) is 25.6 Å². The van der Waals surface area contributed by atoms with E-state index in [2.05, 4.69) is 30.9 Å². The lowest BCUT2D eigenvalue weighted by molar-refractivity contribution is -0.144. The third-order valence-corrected chi connectivity index (χ3v) is 6.49. The number of carboxylic acid groups (broad SMARTS) is 1. The number of rotatable bonds is 17. The summed E-state index contributed by atoms with van der Waals surface area (Å²) in [4.78, 5) is 61.7. The highest BCUT2D eigenvalue weighted by Crippen LogP contribution is 2.13. The summed E-state index contributed by atoms with van der Waals surface area (Å²) in [5.41, 5.74) is 17.2. The number of aliphatic imine (C=N–C) groups is 1. The Balaban J connectivity index is 3.04. The molecule has 0 aliphatic rings. The summed E-state index contributed by atoms with van der Waals surface area (Å²) < 4.78 is 0. The molecule has 1 aromatic rings. The molecule has 214 valence electrons. The van der Waals surface area contributed by atoms with Crippen LogP contribution in [-0.4, -0.2) is 75.4 Å². The van der Waals surface area contributed by atoms with Crippen molar-refractivity contribution in [2.24, 2.45) is 34.0 Å². The number of amides is 3. The molecule has 0 aliphatic heterocycles. The molecule has 1 aromatic heterocycles. The molecular weight excluding hydrogens is 494 g/mol. The van der Waals surface area contributed by atoms with Crippen LogP contribution in [0.3, 0.4) is 0 Å². The van der Waals surface area contributed by atoms with E-state index in [1.807, 2.05) is 13.8 Å². The van der Waals surface area contributed by atoms with Gasteiger partial charge in [0.05, 0.1) is 12.4 Å². The number of hydrogen-bond donors (Lipinski definition) is 8. The van der Waals surface area contributed by atoms with Crippen LogP contribution in [0.25, 0.3) is 0 Å². The molecule has 3 amide bonds. The van der Waals surface area contributed by atoms with Gasteiger partial charge in [0.1, 0.15) is 18.1 Å². The van der Waals surface area contributed by atoms with Crippen molar-refractivity contribution in [1.29, 1.82) is 0 Å². The summed E-state index contributed by atoms with van der Waals surface area (Å²) in [5, 5.41) is 17.5. The fourth-order valence-electron chi connectivity index (χ4n) is 3.64. The van der Waals surface area contributed by atoms with Gasteiger partial charge in [-0.25, -0.2) is 9.78 Å². The average Bonchev–Trinajstić information content (AvgIpc) is 3.39. The van der Waals surface area contributed by atoms with Gasteiger partial charge in [0.25, 0.3) is 0 Å². The molecule has 0 fully saturated rings. The minimum atomic E-state index is -1.15. The van der Waals surface area contributed by atoms with Gasteiger partial charge in [-0.15, -0.1) is 0 Å². The smallest absolute Gasteiger partial charge is 0.326 e. The molecule has 0 spiro atoms. The largest absolute Gasteiger partial charge is 0.480 e. The maximum atomic E-state index is 13.4. The number of nitrogens with one attached hydrogen (secondary N) is 4. The van der Waals surface area contributed by atoms with Crippen molar-refractivity contribution in [2.45, 2.75) is 84.0 Å². The fraction of sp³-hybridized carbons (Fsp3) is 0.667. The van der Waals surface area contributed by atoms with E-state index in [1.54, 1.807) is 13.8 Å². The molecule has 14 nitrogen and oxygen atoms in total. The van der Waals surface area contributed by atoms with Crippen molar-refractivity contribution in [3.05, 3.63) is 18.2 Å². The number of aliphatic carboxylic acids is 1. The first-order valence-electron chi connectivity index (χ1n) is 12.8. The Hall–Kier alpha value is -3.68. The second-order valence-electron chi connectivity index (χ2n) is 9.48. The van der Waals surface area contributed by atoms with Gasteiger partial charge >= 0.3 is 5.97 Å². The number of aromatic amines is 1. The van der Waals surface area contributed by atoms with Gasteiger partial charge in [-0.2, -0.15) is 0 Å². The number of carboxylic acids is 1. The van der Waals surface area contributed by atoms with Crippen LogP contribution in [0.15, 0.2) is 17.5 Å². The summed E-state index contributed by atoms with van der Waals surface area (Å²) >= 11 is 0. The zero-order valence-electron chi connectivity index (χ0n) is 22.6. The maximum absolute atomic E-state index is 13.4. The van der Waals surface area contributed by atoms with Crippen LogP contribution >= 0.6 is 0 Å². The minimum absolute atomic E-state index is 0.0574. The monoisotopic (exact) mass is 537 g/mol. The zero-order valence-corrected chi connectivity index (χ0v) is 22.6. The Morgan fingerprint density at radius 3 is 2.13 bits per heavy atom. The highest BCUT2D eigenvalue weighted by atomic mass is 16.4. The van der Waals surface area contributed by atoms with Gasteiger partial charge in [-0.3, -0.25) is 19.4 Å². The lowest BCUT2D eigenvalue weighted by atomic mass is 9.95. The molecule has 0 radical (unpaired) electrons. The average molecular weight is 538 g/mol. The highest BCUT2D eigenvalue weighted by Gasteiger charge is 2.34. The molecule has 6 atom stereocenters. The molecule has 0 aliphatic carbocycles. The number of nitrogens with two attached hydrogens (primary N) is 3. The molecule has 0 saturated carbocycles. The third-order valence-electron chi connectivity index (χ3n) is 6.49. The summed E-state index contributed by atoms with van der Waals surface area (Å²) in [7, 11) is 0. The molecule has 1 rings (SSSR count). The van der Waals surface area contributed by atoms with Crippen LogP contribution in [0, 0.1) is 11.8 Å². The van der Waals surface area contributed by atoms with E-state index in [1.165, 1.54) is 12.5 Å². The number of aromatic nitrogens is 2. The van der Waals surface area contributed by atoms with Gasteiger partial charge in [-0.1, -0.05) is 40.5 Å². The number of carbonyl (C=O) groups is 4. The number of nitrogens with zero attached hydrogens (tertiary/aromatic N) is 2. The Bertz CT molecular complexity index is 934. The van der Waals surface area contributed by atoms with Crippen LogP contribution < -0.4 is 33.2 Å². The number of carbonyl (C=O) groups excluding carboxylic acids is 3. The SMILES string of the molecule is CCC(C)C(NC(=O)C(NC(=O)C(Cc1cnc[nH]1)NC(=O)C(N)CCCN=C(N)N)C(C)CC)C(=O)O. The fourth-order valence-corrected chi connectivity index (χ4v) is 3.64. The Kier molecular flexibility index (Phi) is 13.8. The van der Waals surface area contributed by atoms with E-state index in [4.69, 9.17) is 17.2 Å². The second kappa shape index (κ2) is 16.2. The van der Waals surface area contributed by atoms with Crippen molar-refractivity contribution in [1.82, 2.24) is 25.9 Å². The van der Waals surface area contributed by atoms with E-state index < -0.39 is 47.9 Å². The molecule has 1 heterocycles. The van der Waals surface area contributed by atoms with Crippen molar-refractivity contribution in [2.75, 3.05) is 6.54 Å². The predicted octanol–water partition coefficient (Wildman–Crippen LogP) is -1.04. The normalized spacial score (nSPS) is 15.7. The van der Waals surface area contributed by atoms with Crippen molar-refractivity contribution < 1.29 is 24.3 Å². The Morgan fingerprint density at radius 1 is 1.00 bits per heavy atom. The first-order chi connectivity index (χ1) is 17.9. The van der Waals surface area contributed by atoms with Crippen molar-refractivity contribution in [3.63, 3.8) is 0 Å². The van der Waals surface area contributed by atoms with Gasteiger partial charge in [0.15, 0.2) is 5.96 Å². The lowest BCUT2D eigenvalue weighted by Crippen LogP contribution is -2.59. The van der Waals surface area contributed by atoms with E-state index in [-0.39, 0.29) is 30.6 Å². The highest BCUT2D eigenvalue weighted by molar-refractivity contribution is 5.94. The molecule has 0 aromatic carbocycles. The summed E-state index contributed by atoms with van der Waals surface area (Å²) in [5.74, 6) is -3.61. The second-order valence-corrected chi connectivity index (χ2v) is 9.48. The van der Waals surface area contributed by atoms with Crippen molar-refractivity contribution >= 4 is 29.7 Å². The predicted molar refractivity (Wildman–Crippen MR) is 143 cm³/mol. The minimum Gasteiger partial charge on any atom is -0.480 e. The Labute approximate surface area is 223 Å². The molecule has 11 N–H and O–H groups in total. The molecule has 38 heavy (non-hydrogen) atoms. The molecule has 0 bridgehead atoms. The van der Waals surface area contributed by atoms with Crippen LogP contribution in [0.1, 0.15) is 59.1 Å². The first-order valence-corrected chi connectivity index (χ1v) is 12.8. The molecule has 0 saturated heterocycles. The van der Waals surface area contributed by atoms with E-state index in [0.29, 0.717) is 31.5 Å². The van der Waals surface area contributed by atoms with Crippen LogP contribution in [0.2, 0.25) is 0 Å². The lowest BCUT2D eigenvalue weighted by Gasteiger charge is -2.29. The van der Waals surface area contributed by atoms with Gasteiger partial charge in [0, 0.05) is 24.9 Å². The maximum Gasteiger partial charge on any atom is 0.326 e. The zero-order chi connectivity index (χ0) is 28.8. The topological polar surface area (TPSA) is 244 Å². The Morgan fingerprint density at radius 2 is 1.61 bits per heavy atom. The quantitative estimate of drug-likeness (QED) is 0.0686. The van der Waals surface area contributed by atoms with E-state index >= 15 is 0 Å². The first kappa shape index (κ1) is 32.3. The van der Waals surface area contributed by atoms with E-state index in [9.17, 15) is 24.3 Å². The summed E-state index contributed by atoms with van der Waals surface area (Å²) in [6.45, 7) is 7.49. The van der Waals surface area contributed by atoms with Gasteiger partial charge in [0.2, 0.25) is 17.7 Å². The molecular formula is C24H43N9O5. The van der Waals surface area contributed by atoms with Crippen molar-refractivity contribution in [3.8, 4) is 0 Å². The third kappa shape index (κ3) is 10.7. The van der Waals surface area contributed by atoms with Gasteiger partial charge in [-0.05, 0) is 24.7 Å². The number of guanidine groups is 1. The number of H-pyrrole nitrogens is 1. The number of imidazole rings is 1. The standard InChI is InChI=1S/C24H43N9O5/c1-5-13(3)18(22(36)33-19(23(37)38)14(4)6-2)32-21(35)17(10-15-11-28-12-30-15)31-20(34)16(25)8-7-9-29-24(26)27/h11-14,16-19H,5-10,25H2,1-4H3,(H,28,30)(H,31,34)(H,32,35)(H,33,36)(H,37,38)(H4,26,27,29). The molecule has 14 heteroatoms. The van der Waals surface area contributed by atoms with Crippen LogP contribution in [0.5, 0.6) is 0 Å². The summed E-state index contributed by atoms with van der Waals surface area (Å²) in [6, 6.07) is -4.11. The van der Waals surface area contributed by atoms with Crippen LogP contribution in [0.4, 0.5) is 0 Å².